The minimum Gasteiger partial charge on any atom is -0.480 e. The van der Waals surface area contributed by atoms with Crippen LogP contribution in [0.3, 0.4) is 0 Å². The Morgan fingerprint density at radius 2 is 2.40 bits per heavy atom. The van der Waals surface area contributed by atoms with E-state index in [-0.39, 0.29) is 0 Å². The Morgan fingerprint density at radius 3 is 3.15 bits per heavy atom. The molecular formula is C13H21N5O2. The zero-order chi connectivity index (χ0) is 14.2. The van der Waals surface area contributed by atoms with Crippen molar-refractivity contribution in [1.29, 1.82) is 0 Å². The van der Waals surface area contributed by atoms with Crippen LogP contribution in [0.5, 0.6) is 0 Å². The third-order valence-corrected chi connectivity index (χ3v) is 4.80. The van der Waals surface area contributed by atoms with Crippen LogP contribution in [0.1, 0.15) is 31.5 Å². The predicted molar refractivity (Wildman–Crippen MR) is 72.1 cm³/mol. The SMILES string of the molecule is CNC1(C(=O)O)CCCC(N2CCn3cnnc3C2)C1. The van der Waals surface area contributed by atoms with Gasteiger partial charge in [-0.05, 0) is 32.7 Å². The lowest BCUT2D eigenvalue weighted by molar-refractivity contribution is -0.147. The zero-order valence-electron chi connectivity index (χ0n) is 11.7. The predicted octanol–water partition coefficient (Wildman–Crippen LogP) is 0.0791. The molecule has 1 saturated carbocycles. The number of hydrogen-bond donors (Lipinski definition) is 2. The van der Waals surface area contributed by atoms with E-state index in [9.17, 15) is 9.90 Å². The molecule has 7 heteroatoms. The van der Waals surface area contributed by atoms with Gasteiger partial charge in [-0.15, -0.1) is 10.2 Å². The van der Waals surface area contributed by atoms with E-state index in [1.54, 1.807) is 13.4 Å². The fourth-order valence-electron chi connectivity index (χ4n) is 3.48. The summed E-state index contributed by atoms with van der Waals surface area (Å²) in [6.45, 7) is 2.59. The molecule has 0 aromatic carbocycles. The highest BCUT2D eigenvalue weighted by Crippen LogP contribution is 2.32. The number of fused-ring (bicyclic) bond motifs is 1. The van der Waals surface area contributed by atoms with Gasteiger partial charge in [-0.25, -0.2) is 0 Å². The third kappa shape index (κ3) is 2.20. The normalized spacial score (nSPS) is 30.9. The minimum absolute atomic E-state index is 0.303. The molecule has 2 aliphatic rings. The van der Waals surface area contributed by atoms with Crippen LogP contribution in [0.4, 0.5) is 0 Å². The fraction of sp³-hybridized carbons (Fsp3) is 0.769. The maximum atomic E-state index is 11.6. The molecule has 0 bridgehead atoms. The highest BCUT2D eigenvalue weighted by atomic mass is 16.4. The summed E-state index contributed by atoms with van der Waals surface area (Å²) in [5, 5.41) is 20.6. The summed E-state index contributed by atoms with van der Waals surface area (Å²) in [4.78, 5) is 13.9. The Balaban J connectivity index is 1.73. The number of nitrogens with one attached hydrogen (secondary N) is 1. The Hall–Kier alpha value is -1.47. The van der Waals surface area contributed by atoms with Crippen LogP contribution in [-0.2, 0) is 17.9 Å². The molecule has 20 heavy (non-hydrogen) atoms. The van der Waals surface area contributed by atoms with Gasteiger partial charge in [-0.2, -0.15) is 0 Å². The summed E-state index contributed by atoms with van der Waals surface area (Å²) in [6, 6.07) is 0.303. The number of carbonyl (C=O) groups is 1. The molecule has 3 rings (SSSR count). The number of aliphatic carboxylic acids is 1. The van der Waals surface area contributed by atoms with Crippen molar-refractivity contribution in [1.82, 2.24) is 25.0 Å². The molecule has 2 atom stereocenters. The van der Waals surface area contributed by atoms with Crippen LogP contribution in [0.25, 0.3) is 0 Å². The van der Waals surface area contributed by atoms with Crippen molar-refractivity contribution in [3.8, 4) is 0 Å². The van der Waals surface area contributed by atoms with Gasteiger partial charge in [0.15, 0.2) is 0 Å². The Morgan fingerprint density at radius 1 is 1.55 bits per heavy atom. The van der Waals surface area contributed by atoms with Gasteiger partial charge in [0.25, 0.3) is 0 Å². The zero-order valence-corrected chi connectivity index (χ0v) is 11.7. The monoisotopic (exact) mass is 279 g/mol. The fourth-order valence-corrected chi connectivity index (χ4v) is 3.48. The third-order valence-electron chi connectivity index (χ3n) is 4.80. The van der Waals surface area contributed by atoms with Gasteiger partial charge in [-0.3, -0.25) is 9.69 Å². The summed E-state index contributed by atoms with van der Waals surface area (Å²) in [5.74, 6) is 0.247. The van der Waals surface area contributed by atoms with Crippen molar-refractivity contribution in [2.24, 2.45) is 0 Å². The Kier molecular flexibility index (Phi) is 3.47. The first-order chi connectivity index (χ1) is 9.64. The van der Waals surface area contributed by atoms with E-state index in [4.69, 9.17) is 0 Å². The van der Waals surface area contributed by atoms with E-state index in [0.29, 0.717) is 18.9 Å². The average molecular weight is 279 g/mol. The first-order valence-corrected chi connectivity index (χ1v) is 7.18. The van der Waals surface area contributed by atoms with E-state index in [2.05, 4.69) is 25.0 Å². The number of carboxylic acids is 1. The van der Waals surface area contributed by atoms with Gasteiger partial charge in [0.05, 0.1) is 6.54 Å². The van der Waals surface area contributed by atoms with Gasteiger partial charge >= 0.3 is 5.97 Å². The van der Waals surface area contributed by atoms with Crippen molar-refractivity contribution in [3.05, 3.63) is 12.2 Å². The van der Waals surface area contributed by atoms with Crippen molar-refractivity contribution < 1.29 is 9.90 Å². The van der Waals surface area contributed by atoms with E-state index < -0.39 is 11.5 Å². The van der Waals surface area contributed by atoms with Crippen LogP contribution in [0.15, 0.2) is 6.33 Å². The molecule has 1 aliphatic carbocycles. The second-order valence-electron chi connectivity index (χ2n) is 5.80. The van der Waals surface area contributed by atoms with Crippen molar-refractivity contribution >= 4 is 5.97 Å². The molecule has 7 nitrogen and oxygen atoms in total. The minimum atomic E-state index is -0.770. The lowest BCUT2D eigenvalue weighted by atomic mass is 9.78. The van der Waals surface area contributed by atoms with Crippen molar-refractivity contribution in [2.45, 2.75) is 50.4 Å². The molecule has 110 valence electrons. The van der Waals surface area contributed by atoms with Crippen molar-refractivity contribution in [3.63, 3.8) is 0 Å². The maximum absolute atomic E-state index is 11.6. The molecule has 0 saturated heterocycles. The lowest BCUT2D eigenvalue weighted by Gasteiger charge is -2.43. The highest BCUT2D eigenvalue weighted by molar-refractivity contribution is 5.79. The molecule has 0 amide bonds. The van der Waals surface area contributed by atoms with Gasteiger partial charge < -0.3 is 15.0 Å². The van der Waals surface area contributed by atoms with Crippen molar-refractivity contribution in [2.75, 3.05) is 13.6 Å². The summed E-state index contributed by atoms with van der Waals surface area (Å²) in [5.41, 5.74) is -0.770. The summed E-state index contributed by atoms with van der Waals surface area (Å²) in [7, 11) is 1.75. The second kappa shape index (κ2) is 5.14. The van der Waals surface area contributed by atoms with Crippen LogP contribution < -0.4 is 5.32 Å². The van der Waals surface area contributed by atoms with E-state index in [0.717, 1.165) is 38.3 Å². The number of nitrogens with zero attached hydrogens (tertiary/aromatic N) is 4. The van der Waals surface area contributed by atoms with Gasteiger partial charge in [0.2, 0.25) is 0 Å². The lowest BCUT2D eigenvalue weighted by Crippen LogP contribution is -2.57. The van der Waals surface area contributed by atoms with E-state index >= 15 is 0 Å². The number of likely N-dealkylation sites (N-methyl/N-ethyl adjacent to an activating group) is 1. The van der Waals surface area contributed by atoms with Gasteiger partial charge in [0.1, 0.15) is 17.7 Å². The largest absolute Gasteiger partial charge is 0.480 e. The summed E-state index contributed by atoms with van der Waals surface area (Å²) < 4.78 is 2.07. The van der Waals surface area contributed by atoms with Crippen LogP contribution in [0.2, 0.25) is 0 Å². The molecule has 1 aromatic heterocycles. The Bertz CT molecular complexity index is 503. The van der Waals surface area contributed by atoms with Gasteiger partial charge in [0, 0.05) is 19.1 Å². The number of hydrogen-bond acceptors (Lipinski definition) is 5. The number of carboxylic acid groups (broad SMARTS) is 1. The number of aromatic nitrogens is 3. The average Bonchev–Trinajstić information content (AvgIpc) is 2.94. The van der Waals surface area contributed by atoms with Crippen LogP contribution >= 0.6 is 0 Å². The van der Waals surface area contributed by atoms with Crippen LogP contribution in [-0.4, -0.2) is 55.9 Å². The second-order valence-corrected chi connectivity index (χ2v) is 5.80. The maximum Gasteiger partial charge on any atom is 0.323 e. The summed E-state index contributed by atoms with van der Waals surface area (Å²) in [6.07, 6.45) is 5.14. The molecule has 0 spiro atoms. The topological polar surface area (TPSA) is 83.3 Å². The molecule has 0 radical (unpaired) electrons. The first kappa shape index (κ1) is 13.5. The standard InChI is InChI=1S/C13H21N5O2/c1-14-13(12(19)20)4-2-3-10(7-13)17-5-6-18-9-15-16-11(18)8-17/h9-10,14H,2-8H2,1H3,(H,19,20). The van der Waals surface area contributed by atoms with Crippen LogP contribution in [0, 0.1) is 0 Å². The van der Waals surface area contributed by atoms with E-state index in [1.165, 1.54) is 0 Å². The smallest absolute Gasteiger partial charge is 0.323 e. The molecule has 1 aromatic rings. The van der Waals surface area contributed by atoms with E-state index in [1.807, 2.05) is 0 Å². The highest BCUT2D eigenvalue weighted by Gasteiger charge is 2.43. The first-order valence-electron chi connectivity index (χ1n) is 7.18. The molecule has 2 unspecified atom stereocenters. The molecule has 1 fully saturated rings. The Labute approximate surface area is 118 Å². The molecule has 2 N–H and O–H groups in total. The molecule has 1 aliphatic heterocycles. The molecule has 2 heterocycles. The quantitative estimate of drug-likeness (QED) is 0.815. The number of rotatable bonds is 3. The van der Waals surface area contributed by atoms with Gasteiger partial charge in [-0.1, -0.05) is 0 Å². The molecular weight excluding hydrogens is 258 g/mol. The summed E-state index contributed by atoms with van der Waals surface area (Å²) >= 11 is 0.